The summed E-state index contributed by atoms with van der Waals surface area (Å²) in [5.74, 6) is 0.0617. The second-order valence-corrected chi connectivity index (χ2v) is 11.5. The number of nitriles is 1. The van der Waals surface area contributed by atoms with Crippen LogP contribution in [0, 0.1) is 11.3 Å². The number of thiophene rings is 1. The van der Waals surface area contributed by atoms with Crippen LogP contribution < -0.4 is 25.3 Å². The quantitative estimate of drug-likeness (QED) is 0.278. The zero-order chi connectivity index (χ0) is 24.8. The molecule has 33 heavy (non-hydrogen) atoms. The van der Waals surface area contributed by atoms with Gasteiger partial charge in [0.15, 0.2) is 0 Å². The van der Waals surface area contributed by atoms with Crippen LogP contribution in [0.15, 0.2) is 11.7 Å². The summed E-state index contributed by atoms with van der Waals surface area (Å²) < 4.78 is 49.7. The number of fused-ring (bicyclic) bond motifs is 1. The van der Waals surface area contributed by atoms with Crippen LogP contribution in [0.3, 0.4) is 0 Å². The van der Waals surface area contributed by atoms with E-state index in [1.54, 1.807) is 6.07 Å². The maximum absolute atomic E-state index is 11.7. The van der Waals surface area contributed by atoms with Gasteiger partial charge in [0.2, 0.25) is 5.60 Å². The summed E-state index contributed by atoms with van der Waals surface area (Å²) in [6.45, 7) is -1.20. The molecule has 1 saturated heterocycles. The Morgan fingerprint density at radius 3 is 2.48 bits per heavy atom. The van der Waals surface area contributed by atoms with Crippen LogP contribution >= 0.6 is 34.8 Å². The zero-order valence-corrected chi connectivity index (χ0v) is 19.1. The normalized spacial score (nSPS) is 29.4. The van der Waals surface area contributed by atoms with Crippen LogP contribution in [0.25, 0.3) is 10.2 Å². The second kappa shape index (κ2) is 9.00. The summed E-state index contributed by atoms with van der Waals surface area (Å²) in [6.07, 6.45) is -4.55. The molecule has 3 heterocycles. The lowest BCUT2D eigenvalue weighted by molar-refractivity contribution is -0.339. The van der Waals surface area contributed by atoms with Crippen molar-refractivity contribution in [1.29, 1.82) is 5.26 Å². The number of aliphatic hydroxyl groups excluding tert-OH is 2. The van der Waals surface area contributed by atoms with E-state index < -0.39 is 54.0 Å². The summed E-state index contributed by atoms with van der Waals surface area (Å²) in [5.41, 5.74) is 3.56. The van der Waals surface area contributed by atoms with Gasteiger partial charge in [-0.1, -0.05) is 0 Å². The molecule has 2 aromatic rings. The lowest BCUT2D eigenvalue weighted by Gasteiger charge is -2.37. The van der Waals surface area contributed by atoms with E-state index in [9.17, 15) is 48.7 Å². The van der Waals surface area contributed by atoms with Crippen molar-refractivity contribution >= 4 is 50.8 Å². The number of nitrogen functional groups attached to an aromatic ring is 1. The summed E-state index contributed by atoms with van der Waals surface area (Å²) in [7, 11) is -18.3. The number of anilines is 1. The van der Waals surface area contributed by atoms with Crippen molar-refractivity contribution in [2.24, 2.45) is 0 Å². The van der Waals surface area contributed by atoms with Crippen molar-refractivity contribution in [3.8, 4) is 6.07 Å². The predicted molar refractivity (Wildman–Crippen MR) is 96.9 cm³/mol. The summed E-state index contributed by atoms with van der Waals surface area (Å²) >= 11 is 1.00. The highest BCUT2D eigenvalue weighted by Gasteiger charge is 2.57. The minimum atomic E-state index is -6.20. The van der Waals surface area contributed by atoms with E-state index >= 15 is 0 Å². The maximum atomic E-state index is 11.7. The number of nitrogens with zero attached hydrogens (tertiary/aromatic N) is 3. The van der Waals surface area contributed by atoms with Crippen molar-refractivity contribution in [3.63, 3.8) is 0 Å². The fraction of sp³-hybridized carbons (Fsp3) is 0.417. The van der Waals surface area contributed by atoms with Crippen molar-refractivity contribution in [2.45, 2.75) is 23.9 Å². The topological polar surface area (TPSA) is 296 Å². The third kappa shape index (κ3) is 5.49. The number of hydrogen-bond donors (Lipinski definition) is 3. The highest BCUT2D eigenvalue weighted by Crippen LogP contribution is 2.60. The van der Waals surface area contributed by atoms with Gasteiger partial charge < -0.3 is 49.3 Å². The van der Waals surface area contributed by atoms with E-state index in [-0.39, 0.29) is 16.9 Å². The van der Waals surface area contributed by atoms with E-state index in [2.05, 4.69) is 23.1 Å². The molecule has 0 bridgehead atoms. The highest BCUT2D eigenvalue weighted by atomic mass is 32.1. The van der Waals surface area contributed by atoms with Gasteiger partial charge in [0.25, 0.3) is 15.6 Å². The zero-order valence-electron chi connectivity index (χ0n) is 15.6. The molecule has 0 spiro atoms. The lowest BCUT2D eigenvalue weighted by atomic mass is 9.89. The molecule has 182 valence electrons. The molecule has 0 aliphatic carbocycles. The number of phosphoric ester groups is 1. The molecule has 0 radical (unpaired) electrons. The number of phosphoric acid groups is 3. The Morgan fingerprint density at radius 1 is 1.21 bits per heavy atom. The number of aliphatic hydroxyl groups is 2. The Hall–Kier alpha value is -1.38. The molecule has 3 rings (SSSR count). The van der Waals surface area contributed by atoms with Gasteiger partial charge in [-0.25, -0.2) is 14.3 Å². The van der Waals surface area contributed by atoms with Crippen LogP contribution in [0.5, 0.6) is 0 Å². The first-order chi connectivity index (χ1) is 15.1. The molecule has 2 unspecified atom stereocenters. The van der Waals surface area contributed by atoms with E-state index in [0.717, 1.165) is 17.7 Å². The van der Waals surface area contributed by atoms with E-state index in [1.807, 2.05) is 0 Å². The van der Waals surface area contributed by atoms with Gasteiger partial charge in [-0.15, -0.1) is 11.3 Å². The SMILES string of the molecule is N#C[C@@]1(c2csc3c(N)ncnc23)O[C@H](COP(=O)([O-])OP(=O)([O-])OP(=O)([O-])[O-])[C@@H](O)[C@H]1O. The van der Waals surface area contributed by atoms with Gasteiger partial charge in [0, 0.05) is 10.9 Å². The Kier molecular flexibility index (Phi) is 7.16. The minimum absolute atomic E-state index is 0.0196. The van der Waals surface area contributed by atoms with Gasteiger partial charge in [0.1, 0.15) is 36.5 Å². The first-order valence-electron chi connectivity index (χ1n) is 8.25. The molecule has 1 aliphatic rings. The lowest BCUT2D eigenvalue weighted by Crippen LogP contribution is -2.39. The average Bonchev–Trinajstić information content (AvgIpc) is 3.20. The molecule has 2 aromatic heterocycles. The van der Waals surface area contributed by atoms with Gasteiger partial charge >= 0.3 is 0 Å². The predicted octanol–water partition coefficient (Wildman–Crippen LogP) is -3.07. The third-order valence-corrected chi connectivity index (χ3v) is 8.86. The highest BCUT2D eigenvalue weighted by molar-refractivity contribution is 7.64. The van der Waals surface area contributed by atoms with Gasteiger partial charge in [-0.2, -0.15) is 5.26 Å². The summed E-state index contributed by atoms with van der Waals surface area (Å²) in [5, 5.41) is 31.9. The molecule has 0 saturated carbocycles. The first-order valence-corrected chi connectivity index (χ1v) is 13.5. The van der Waals surface area contributed by atoms with Gasteiger partial charge in [-0.3, -0.25) is 13.4 Å². The number of nitrogens with two attached hydrogens (primary N) is 1. The minimum Gasteiger partial charge on any atom is -0.790 e. The van der Waals surface area contributed by atoms with Crippen LogP contribution in [0.1, 0.15) is 5.56 Å². The molecule has 0 aromatic carbocycles. The first kappa shape index (κ1) is 26.2. The second-order valence-electron chi connectivity index (χ2n) is 6.33. The van der Waals surface area contributed by atoms with Crippen molar-refractivity contribution in [3.05, 3.63) is 17.3 Å². The van der Waals surface area contributed by atoms with Gasteiger partial charge in [-0.05, 0) is 0 Å². The monoisotopic (exact) mass is 544 g/mol. The standard InChI is InChI=1S/C12H15N4O13P3S/c13-3-12(5-2-33-9-7(5)15-4-16-11(9)14)10(18)8(17)6(27-12)1-26-31(22,23)29-32(24,25)28-30(19,20)21/h2,4,6,8,10,17-18H,1H2,(H,22,23)(H,24,25)(H2,14,15,16)(H2,19,20,21)/p-4/t6-,8-,10-,12+/m1/s1. The van der Waals surface area contributed by atoms with E-state index in [1.165, 1.54) is 5.38 Å². The molecular weight excluding hydrogens is 533 g/mol. The molecule has 1 aliphatic heterocycles. The smallest absolute Gasteiger partial charge is 0.278 e. The molecule has 17 nitrogen and oxygen atoms in total. The molecule has 0 amide bonds. The Labute approximate surface area is 187 Å². The molecular formula is C12H11N4O13P3S-4. The Balaban J connectivity index is 1.80. The van der Waals surface area contributed by atoms with Crippen molar-refractivity contribution in [2.75, 3.05) is 12.3 Å². The number of hydrogen-bond acceptors (Lipinski definition) is 18. The molecule has 4 N–H and O–H groups in total. The maximum Gasteiger partial charge on any atom is 0.278 e. The third-order valence-electron chi connectivity index (χ3n) is 4.20. The molecule has 6 atom stereocenters. The van der Waals surface area contributed by atoms with Crippen LogP contribution in [0.2, 0.25) is 0 Å². The number of ether oxygens (including phenoxy) is 1. The fourth-order valence-corrected chi connectivity index (χ4v) is 6.75. The van der Waals surface area contributed by atoms with E-state index in [4.69, 9.17) is 10.5 Å². The van der Waals surface area contributed by atoms with Crippen molar-refractivity contribution in [1.82, 2.24) is 9.97 Å². The average molecular weight is 544 g/mol. The molecule has 1 fully saturated rings. The Morgan fingerprint density at radius 2 is 1.88 bits per heavy atom. The Bertz CT molecular complexity index is 1240. The summed E-state index contributed by atoms with van der Waals surface area (Å²) in [4.78, 5) is 51.3. The number of aromatic nitrogens is 2. The molecule has 21 heteroatoms. The summed E-state index contributed by atoms with van der Waals surface area (Å²) in [6, 6.07) is 1.69. The van der Waals surface area contributed by atoms with Gasteiger partial charge in [0.05, 0.1) is 24.6 Å². The van der Waals surface area contributed by atoms with Crippen LogP contribution in [-0.2, 0) is 37.2 Å². The van der Waals surface area contributed by atoms with Crippen LogP contribution in [0.4, 0.5) is 5.82 Å². The van der Waals surface area contributed by atoms with Crippen LogP contribution in [-0.4, -0.2) is 45.1 Å². The van der Waals surface area contributed by atoms with E-state index in [0.29, 0.717) is 4.70 Å². The largest absolute Gasteiger partial charge is 0.790 e. The fourth-order valence-electron chi connectivity index (χ4n) is 2.91. The number of rotatable bonds is 8. The van der Waals surface area contributed by atoms with Crippen molar-refractivity contribution < 1.29 is 61.4 Å².